The Kier molecular flexibility index (Phi) is 3.00. The first-order valence-electron chi connectivity index (χ1n) is 3.71. The van der Waals surface area contributed by atoms with Gasteiger partial charge in [0.1, 0.15) is 4.90 Å². The summed E-state index contributed by atoms with van der Waals surface area (Å²) < 4.78 is 59.5. The average molecular weight is 240 g/mol. The highest BCUT2D eigenvalue weighted by Gasteiger charge is 2.25. The number of sulfonamides is 1. The van der Waals surface area contributed by atoms with Gasteiger partial charge >= 0.3 is 0 Å². The smallest absolute Gasteiger partial charge is 0.259 e. The van der Waals surface area contributed by atoms with Crippen molar-refractivity contribution in [3.63, 3.8) is 0 Å². The fourth-order valence-electron chi connectivity index (χ4n) is 1.05. The topological polar surface area (TPSA) is 73.0 Å². The third kappa shape index (κ3) is 2.26. The van der Waals surface area contributed by atoms with Gasteiger partial charge in [-0.05, 0) is 6.92 Å². The largest absolute Gasteiger partial charge is 0.268 e. The van der Waals surface area contributed by atoms with Crippen molar-refractivity contribution in [2.45, 2.75) is 18.2 Å². The van der Waals surface area contributed by atoms with Crippen molar-refractivity contribution in [2.75, 3.05) is 0 Å². The molecule has 1 rings (SSSR count). The van der Waals surface area contributed by atoms with Crippen molar-refractivity contribution in [1.29, 1.82) is 0 Å². The number of hydrogen-bond donors (Lipinski definition) is 1. The number of rotatable bonds is 2. The number of aryl methyl sites for hydroxylation is 1. The van der Waals surface area contributed by atoms with Crippen LogP contribution in [-0.2, 0) is 10.0 Å². The molecule has 2 N–H and O–H groups in total. The van der Waals surface area contributed by atoms with Gasteiger partial charge < -0.3 is 0 Å². The van der Waals surface area contributed by atoms with Gasteiger partial charge in [0.15, 0.2) is 5.82 Å². The van der Waals surface area contributed by atoms with Crippen molar-refractivity contribution in [3.05, 3.63) is 23.3 Å². The van der Waals surface area contributed by atoms with E-state index in [4.69, 9.17) is 0 Å². The van der Waals surface area contributed by atoms with Gasteiger partial charge in [0, 0.05) is 6.20 Å². The van der Waals surface area contributed by atoms with Crippen LogP contribution in [0.15, 0.2) is 11.1 Å². The van der Waals surface area contributed by atoms with Crippen LogP contribution in [0.3, 0.4) is 0 Å². The van der Waals surface area contributed by atoms with Crippen molar-refractivity contribution < 1.29 is 21.6 Å². The Morgan fingerprint density at radius 2 is 2.00 bits per heavy atom. The van der Waals surface area contributed by atoms with E-state index < -0.39 is 32.7 Å². The predicted molar refractivity (Wildman–Crippen MR) is 45.3 cm³/mol. The third-order valence-corrected chi connectivity index (χ3v) is 2.74. The van der Waals surface area contributed by atoms with Crippen LogP contribution < -0.4 is 5.14 Å². The van der Waals surface area contributed by atoms with Crippen LogP contribution in [-0.4, -0.2) is 13.4 Å². The quantitative estimate of drug-likeness (QED) is 0.841. The number of aromatic nitrogens is 1. The summed E-state index contributed by atoms with van der Waals surface area (Å²) in [6, 6.07) is 0. The fraction of sp³-hybridized carbons (Fsp3) is 0.286. The van der Waals surface area contributed by atoms with Gasteiger partial charge in [-0.3, -0.25) is 4.98 Å². The van der Waals surface area contributed by atoms with E-state index in [1.807, 2.05) is 0 Å². The van der Waals surface area contributed by atoms with E-state index in [0.29, 0.717) is 6.20 Å². The minimum atomic E-state index is -4.39. The second-order valence-electron chi connectivity index (χ2n) is 2.79. The van der Waals surface area contributed by atoms with E-state index in [-0.39, 0.29) is 5.69 Å². The number of hydrogen-bond acceptors (Lipinski definition) is 3. The van der Waals surface area contributed by atoms with Gasteiger partial charge in [-0.2, -0.15) is 0 Å². The average Bonchev–Trinajstić information content (AvgIpc) is 2.00. The van der Waals surface area contributed by atoms with Crippen molar-refractivity contribution in [1.82, 2.24) is 4.98 Å². The number of halogens is 3. The molecule has 0 bridgehead atoms. The highest BCUT2D eigenvalue weighted by molar-refractivity contribution is 7.89. The summed E-state index contributed by atoms with van der Waals surface area (Å²) in [5.74, 6) is -1.54. The first-order chi connectivity index (χ1) is 6.75. The molecule has 1 heterocycles. The predicted octanol–water partition coefficient (Wildman–Crippen LogP) is 1.11. The molecule has 0 fully saturated rings. The molecule has 0 spiro atoms. The van der Waals surface area contributed by atoms with Crippen LogP contribution in [0, 0.1) is 12.7 Å². The first-order valence-corrected chi connectivity index (χ1v) is 5.25. The molecule has 0 amide bonds. The summed E-state index contributed by atoms with van der Waals surface area (Å²) >= 11 is 0. The summed E-state index contributed by atoms with van der Waals surface area (Å²) in [5.41, 5.74) is -1.33. The van der Waals surface area contributed by atoms with Crippen LogP contribution in [0.25, 0.3) is 0 Å². The van der Waals surface area contributed by atoms with Crippen LogP contribution in [0.5, 0.6) is 0 Å². The molecular formula is C7H7F3N2O2S. The Morgan fingerprint density at radius 3 is 2.40 bits per heavy atom. The Bertz CT molecular complexity index is 487. The van der Waals surface area contributed by atoms with Gasteiger partial charge in [0.2, 0.25) is 10.0 Å². The zero-order valence-electron chi connectivity index (χ0n) is 7.54. The third-order valence-electron chi connectivity index (χ3n) is 1.70. The second kappa shape index (κ2) is 3.78. The molecule has 0 aliphatic carbocycles. The lowest BCUT2D eigenvalue weighted by Crippen LogP contribution is -2.17. The van der Waals surface area contributed by atoms with Crippen molar-refractivity contribution in [2.24, 2.45) is 5.14 Å². The SMILES string of the molecule is Cc1ncc(C(F)F)c(F)c1S(N)(=O)=O. The minimum absolute atomic E-state index is 0.251. The fourth-order valence-corrected chi connectivity index (χ4v) is 1.89. The van der Waals surface area contributed by atoms with E-state index in [2.05, 4.69) is 10.1 Å². The lowest BCUT2D eigenvalue weighted by molar-refractivity contribution is 0.145. The molecule has 0 aliphatic heterocycles. The van der Waals surface area contributed by atoms with Gasteiger partial charge in [0.25, 0.3) is 6.43 Å². The molecule has 1 aromatic rings. The van der Waals surface area contributed by atoms with Gasteiger partial charge in [-0.1, -0.05) is 0 Å². The molecule has 0 aliphatic rings. The molecule has 84 valence electrons. The summed E-state index contributed by atoms with van der Waals surface area (Å²) in [4.78, 5) is 2.36. The molecule has 15 heavy (non-hydrogen) atoms. The van der Waals surface area contributed by atoms with Crippen LogP contribution in [0.2, 0.25) is 0 Å². The number of alkyl halides is 2. The standard InChI is InChI=1S/C7H7F3N2O2S/c1-3-6(15(11,13)14)5(8)4(2-12-3)7(9)10/h2,7H,1H3,(H2,11,13,14). The maximum absolute atomic E-state index is 13.3. The Labute approximate surface area is 84.0 Å². The van der Waals surface area contributed by atoms with Gasteiger partial charge in [-0.15, -0.1) is 0 Å². The summed E-state index contributed by atoms with van der Waals surface area (Å²) in [6.45, 7) is 1.16. The van der Waals surface area contributed by atoms with E-state index in [1.165, 1.54) is 0 Å². The molecule has 0 saturated carbocycles. The molecule has 0 radical (unpaired) electrons. The molecule has 0 unspecified atom stereocenters. The number of pyridine rings is 1. The summed E-state index contributed by atoms with van der Waals surface area (Å²) in [7, 11) is -4.39. The second-order valence-corrected chi connectivity index (χ2v) is 4.29. The molecule has 1 aromatic heterocycles. The van der Waals surface area contributed by atoms with E-state index >= 15 is 0 Å². The van der Waals surface area contributed by atoms with E-state index in [9.17, 15) is 21.6 Å². The zero-order chi connectivity index (χ0) is 11.8. The summed E-state index contributed by atoms with van der Waals surface area (Å²) in [5, 5.41) is 4.67. The number of nitrogens with two attached hydrogens (primary N) is 1. The van der Waals surface area contributed by atoms with Crippen molar-refractivity contribution in [3.8, 4) is 0 Å². The normalized spacial score (nSPS) is 12.1. The maximum Gasteiger partial charge on any atom is 0.268 e. The Morgan fingerprint density at radius 1 is 1.47 bits per heavy atom. The maximum atomic E-state index is 13.3. The highest BCUT2D eigenvalue weighted by Crippen LogP contribution is 2.26. The Hall–Kier alpha value is -1.15. The minimum Gasteiger partial charge on any atom is -0.259 e. The molecule has 0 saturated heterocycles. The molecule has 4 nitrogen and oxygen atoms in total. The van der Waals surface area contributed by atoms with Gasteiger partial charge in [-0.25, -0.2) is 26.7 Å². The molecule has 8 heteroatoms. The Balaban J connectivity index is 3.59. The van der Waals surface area contributed by atoms with E-state index in [1.54, 1.807) is 0 Å². The molecular weight excluding hydrogens is 233 g/mol. The lowest BCUT2D eigenvalue weighted by atomic mass is 10.2. The number of nitrogens with zero attached hydrogens (tertiary/aromatic N) is 1. The molecule has 0 atom stereocenters. The summed E-state index contributed by atoms with van der Waals surface area (Å²) in [6.07, 6.45) is -2.55. The van der Waals surface area contributed by atoms with Crippen LogP contribution >= 0.6 is 0 Å². The molecule has 0 aromatic carbocycles. The monoisotopic (exact) mass is 240 g/mol. The van der Waals surface area contributed by atoms with Crippen LogP contribution in [0.4, 0.5) is 13.2 Å². The van der Waals surface area contributed by atoms with Crippen molar-refractivity contribution >= 4 is 10.0 Å². The lowest BCUT2D eigenvalue weighted by Gasteiger charge is -2.07. The van der Waals surface area contributed by atoms with E-state index in [0.717, 1.165) is 6.92 Å². The van der Waals surface area contributed by atoms with Crippen LogP contribution in [0.1, 0.15) is 17.7 Å². The van der Waals surface area contributed by atoms with Gasteiger partial charge in [0.05, 0.1) is 11.3 Å². The zero-order valence-corrected chi connectivity index (χ0v) is 8.35. The number of primary sulfonamides is 1. The highest BCUT2D eigenvalue weighted by atomic mass is 32.2. The first kappa shape index (κ1) is 11.9.